The molecule has 0 atom stereocenters. The van der Waals surface area contributed by atoms with Crippen LogP contribution < -0.4 is 0 Å². The van der Waals surface area contributed by atoms with Crippen LogP contribution in [0.2, 0.25) is 0 Å². The molecular formula is C50H36N6. The van der Waals surface area contributed by atoms with E-state index in [4.69, 9.17) is 15.0 Å². The molecule has 0 radical (unpaired) electrons. The summed E-state index contributed by atoms with van der Waals surface area (Å²) in [5, 5.41) is 14.5. The molecular weight excluding hydrogens is 685 g/mol. The zero-order chi connectivity index (χ0) is 37.6. The van der Waals surface area contributed by atoms with Gasteiger partial charge in [-0.1, -0.05) is 116 Å². The molecule has 3 heterocycles. The topological polar surface area (TPSA) is 72.3 Å². The van der Waals surface area contributed by atoms with Crippen molar-refractivity contribution in [2.75, 3.05) is 0 Å². The van der Waals surface area contributed by atoms with Crippen molar-refractivity contribution in [2.45, 2.75) is 26.2 Å². The van der Waals surface area contributed by atoms with Gasteiger partial charge in [0.25, 0.3) is 0 Å². The molecule has 0 fully saturated rings. The maximum Gasteiger partial charge on any atom is 0.164 e. The number of hydrogen-bond acceptors (Lipinski definition) is 4. The number of para-hydroxylation sites is 2. The van der Waals surface area contributed by atoms with Crippen molar-refractivity contribution in [3.8, 4) is 51.6 Å². The second kappa shape index (κ2) is 13.8. The van der Waals surface area contributed by atoms with Crippen molar-refractivity contribution in [1.82, 2.24) is 24.1 Å². The van der Waals surface area contributed by atoms with Gasteiger partial charge in [0.1, 0.15) is 0 Å². The fraction of sp³-hybridized carbons (Fsp3) is 0.0800. The summed E-state index contributed by atoms with van der Waals surface area (Å²) in [5.41, 5.74) is 11.3. The smallest absolute Gasteiger partial charge is 0.164 e. The summed E-state index contributed by atoms with van der Waals surface area (Å²) in [6, 6.07) is 59.2. The molecule has 0 aliphatic rings. The molecule has 0 N–H and O–H groups in total. The highest BCUT2D eigenvalue weighted by Crippen LogP contribution is 2.40. The molecule has 0 unspecified atom stereocenters. The molecule has 0 aliphatic heterocycles. The molecule has 7 aromatic carbocycles. The average molecular weight is 721 g/mol. The quantitative estimate of drug-likeness (QED) is 0.157. The lowest BCUT2D eigenvalue weighted by molar-refractivity contribution is 0.794. The largest absolute Gasteiger partial charge is 0.309 e. The zero-order valence-electron chi connectivity index (χ0n) is 30.9. The van der Waals surface area contributed by atoms with E-state index in [1.165, 1.54) is 56.7 Å². The molecule has 6 nitrogen and oxygen atoms in total. The number of benzene rings is 7. The van der Waals surface area contributed by atoms with Gasteiger partial charge in [0.15, 0.2) is 17.5 Å². The van der Waals surface area contributed by atoms with Crippen LogP contribution in [0.25, 0.3) is 89.2 Å². The van der Waals surface area contributed by atoms with Crippen LogP contribution in [0.1, 0.15) is 30.9 Å². The number of aryl methyl sites for hydroxylation is 1. The van der Waals surface area contributed by atoms with Crippen LogP contribution in [0, 0.1) is 11.3 Å². The molecule has 3 aromatic heterocycles. The third kappa shape index (κ3) is 5.69. The Balaban J connectivity index is 1.18. The predicted octanol–water partition coefficient (Wildman–Crippen LogP) is 12.3. The maximum absolute atomic E-state index is 9.64. The highest BCUT2D eigenvalue weighted by Gasteiger charge is 2.20. The van der Waals surface area contributed by atoms with Crippen LogP contribution in [0.3, 0.4) is 0 Å². The van der Waals surface area contributed by atoms with E-state index in [0.29, 0.717) is 23.0 Å². The standard InChI is InChI=1S/C50H36N6/c1-2-3-14-33-15-12-21-38(28-33)55-44-25-9-7-23-40(44)42-31-47-43(30-46(42)55)41-24-8-10-26-45(41)56(47)39-22-13-20-37(29-39)50-53-48(35-17-5-4-6-18-35)52-49(54-50)36-19-11-16-34(27-36)32-51/h4-13,15-31H,2-3,14H2,1H3. The van der Waals surface area contributed by atoms with E-state index < -0.39 is 0 Å². The summed E-state index contributed by atoms with van der Waals surface area (Å²) in [4.78, 5) is 14.9. The lowest BCUT2D eigenvalue weighted by Gasteiger charge is -2.12. The molecule has 0 amide bonds. The van der Waals surface area contributed by atoms with Gasteiger partial charge in [0, 0.05) is 49.6 Å². The van der Waals surface area contributed by atoms with Crippen LogP contribution in [0.4, 0.5) is 0 Å². The molecule has 0 spiro atoms. The van der Waals surface area contributed by atoms with Crippen LogP contribution in [0.15, 0.2) is 164 Å². The third-order valence-corrected chi connectivity index (χ3v) is 10.7. The Labute approximate surface area is 324 Å². The van der Waals surface area contributed by atoms with Gasteiger partial charge >= 0.3 is 0 Å². The lowest BCUT2D eigenvalue weighted by atomic mass is 10.1. The molecule has 56 heavy (non-hydrogen) atoms. The number of aromatic nitrogens is 5. The summed E-state index contributed by atoms with van der Waals surface area (Å²) < 4.78 is 4.79. The summed E-state index contributed by atoms with van der Waals surface area (Å²) in [6.07, 6.45) is 3.43. The van der Waals surface area contributed by atoms with E-state index in [1.54, 1.807) is 6.07 Å². The second-order valence-electron chi connectivity index (χ2n) is 14.3. The Bertz CT molecular complexity index is 3150. The summed E-state index contributed by atoms with van der Waals surface area (Å²) in [5.74, 6) is 1.65. The third-order valence-electron chi connectivity index (χ3n) is 10.7. The van der Waals surface area contributed by atoms with Gasteiger partial charge in [-0.25, -0.2) is 15.0 Å². The summed E-state index contributed by atoms with van der Waals surface area (Å²) >= 11 is 0. The first kappa shape index (κ1) is 33.2. The van der Waals surface area contributed by atoms with Crippen molar-refractivity contribution < 1.29 is 0 Å². The lowest BCUT2D eigenvalue weighted by Crippen LogP contribution is -2.01. The van der Waals surface area contributed by atoms with E-state index >= 15 is 0 Å². The first-order chi connectivity index (χ1) is 27.7. The monoisotopic (exact) mass is 720 g/mol. The van der Waals surface area contributed by atoms with E-state index in [2.05, 4.69) is 131 Å². The van der Waals surface area contributed by atoms with Crippen LogP contribution in [-0.2, 0) is 6.42 Å². The Kier molecular flexibility index (Phi) is 8.19. The van der Waals surface area contributed by atoms with E-state index in [0.717, 1.165) is 39.8 Å². The maximum atomic E-state index is 9.64. The molecule has 0 saturated heterocycles. The minimum Gasteiger partial charge on any atom is -0.309 e. The predicted molar refractivity (Wildman–Crippen MR) is 228 cm³/mol. The molecule has 0 aliphatic carbocycles. The van der Waals surface area contributed by atoms with Crippen LogP contribution in [0.5, 0.6) is 0 Å². The zero-order valence-corrected chi connectivity index (χ0v) is 30.9. The number of rotatable bonds is 8. The Morgan fingerprint density at radius 2 is 0.982 bits per heavy atom. The van der Waals surface area contributed by atoms with Gasteiger partial charge in [-0.05, 0) is 79.1 Å². The molecule has 10 rings (SSSR count). The number of nitriles is 1. The summed E-state index contributed by atoms with van der Waals surface area (Å²) in [7, 11) is 0. The highest BCUT2D eigenvalue weighted by molar-refractivity contribution is 6.19. The number of nitrogens with zero attached hydrogens (tertiary/aromatic N) is 6. The molecule has 0 bridgehead atoms. The number of unbranched alkanes of at least 4 members (excludes halogenated alkanes) is 1. The SMILES string of the molecule is CCCCc1cccc(-n2c3ccccc3c3cc4c(cc32)c2ccccc2n4-c2cccc(-c3nc(-c4ccccc4)nc(-c4cccc(C#N)c4)n3)c2)c1. The number of hydrogen-bond donors (Lipinski definition) is 0. The van der Waals surface area contributed by atoms with Crippen LogP contribution >= 0.6 is 0 Å². The minimum absolute atomic E-state index is 0.517. The Morgan fingerprint density at radius 3 is 1.61 bits per heavy atom. The van der Waals surface area contributed by atoms with E-state index in [9.17, 15) is 5.26 Å². The molecule has 6 heteroatoms. The first-order valence-electron chi connectivity index (χ1n) is 19.2. The van der Waals surface area contributed by atoms with Gasteiger partial charge in [-0.15, -0.1) is 0 Å². The molecule has 0 saturated carbocycles. The fourth-order valence-corrected chi connectivity index (χ4v) is 8.08. The van der Waals surface area contributed by atoms with Gasteiger partial charge in [-0.2, -0.15) is 5.26 Å². The fourth-order valence-electron chi connectivity index (χ4n) is 8.08. The normalized spacial score (nSPS) is 11.5. The Hall–Kier alpha value is -7.36. The van der Waals surface area contributed by atoms with Crippen molar-refractivity contribution in [3.63, 3.8) is 0 Å². The van der Waals surface area contributed by atoms with E-state index in [-0.39, 0.29) is 0 Å². The van der Waals surface area contributed by atoms with Crippen molar-refractivity contribution in [2.24, 2.45) is 0 Å². The van der Waals surface area contributed by atoms with Gasteiger partial charge in [0.2, 0.25) is 0 Å². The highest BCUT2D eigenvalue weighted by atomic mass is 15.0. The van der Waals surface area contributed by atoms with Crippen LogP contribution in [-0.4, -0.2) is 24.1 Å². The van der Waals surface area contributed by atoms with Crippen molar-refractivity contribution >= 4 is 43.6 Å². The summed E-state index contributed by atoms with van der Waals surface area (Å²) in [6.45, 7) is 2.25. The van der Waals surface area contributed by atoms with Crippen molar-refractivity contribution in [1.29, 1.82) is 5.26 Å². The van der Waals surface area contributed by atoms with Gasteiger partial charge in [0.05, 0.1) is 33.7 Å². The first-order valence-corrected chi connectivity index (χ1v) is 19.2. The number of fused-ring (bicyclic) bond motifs is 6. The van der Waals surface area contributed by atoms with Crippen molar-refractivity contribution in [3.05, 3.63) is 175 Å². The van der Waals surface area contributed by atoms with Gasteiger partial charge < -0.3 is 9.13 Å². The van der Waals surface area contributed by atoms with E-state index in [1.807, 2.05) is 48.5 Å². The second-order valence-corrected chi connectivity index (χ2v) is 14.3. The average Bonchev–Trinajstić information content (AvgIpc) is 3.77. The molecule has 10 aromatic rings. The Morgan fingerprint density at radius 1 is 0.464 bits per heavy atom. The van der Waals surface area contributed by atoms with Gasteiger partial charge in [-0.3, -0.25) is 0 Å². The minimum atomic E-state index is 0.517. The molecule has 266 valence electrons.